The average Bonchev–Trinajstić information content (AvgIpc) is 2.77. The van der Waals surface area contributed by atoms with E-state index in [2.05, 4.69) is 0 Å². The zero-order valence-electron chi connectivity index (χ0n) is 16.6. The Labute approximate surface area is 175 Å². The number of ether oxygens (including phenoxy) is 1. The van der Waals surface area contributed by atoms with Gasteiger partial charge in [-0.15, -0.1) is 0 Å². The molecule has 0 radical (unpaired) electrons. The van der Waals surface area contributed by atoms with Crippen molar-refractivity contribution in [1.29, 1.82) is 0 Å². The fraction of sp³-hybridized carbons (Fsp3) is 0.240. The van der Waals surface area contributed by atoms with Crippen LogP contribution < -0.4 is 4.74 Å². The van der Waals surface area contributed by atoms with E-state index >= 15 is 0 Å². The summed E-state index contributed by atoms with van der Waals surface area (Å²) in [5, 5.41) is 9.82. The lowest BCUT2D eigenvalue weighted by Gasteiger charge is -2.39. The third kappa shape index (κ3) is 4.52. The standard InChI is InChI=1S/C25H24FNO3/c26-20-14-12-18(13-15-20)24(27-16-5-4-11-23(27)25(28)29)19-7-6-10-22(17-19)30-21-8-2-1-3-9-21/h1-3,6-10,12-15,17,23-24H,4-5,11,16H2,(H,28,29). The SMILES string of the molecule is O=C(O)C1CCCCN1C(c1ccc(F)cc1)c1cccc(Oc2ccccc2)c1. The summed E-state index contributed by atoms with van der Waals surface area (Å²) in [6, 6.07) is 22.6. The Balaban J connectivity index is 1.73. The van der Waals surface area contributed by atoms with Crippen LogP contribution in [0.4, 0.5) is 4.39 Å². The Bertz CT molecular complexity index is 991. The molecule has 0 aliphatic carbocycles. The van der Waals surface area contributed by atoms with Crippen LogP contribution in [0.3, 0.4) is 0 Å². The quantitative estimate of drug-likeness (QED) is 0.576. The van der Waals surface area contributed by atoms with Crippen molar-refractivity contribution in [3.8, 4) is 11.5 Å². The number of rotatable bonds is 6. The van der Waals surface area contributed by atoms with Crippen LogP contribution in [0.25, 0.3) is 0 Å². The van der Waals surface area contributed by atoms with Gasteiger partial charge in [-0.1, -0.05) is 48.9 Å². The first-order valence-corrected chi connectivity index (χ1v) is 10.2. The lowest BCUT2D eigenvalue weighted by molar-refractivity contribution is -0.145. The van der Waals surface area contributed by atoms with E-state index in [1.165, 1.54) is 12.1 Å². The molecule has 30 heavy (non-hydrogen) atoms. The van der Waals surface area contributed by atoms with Crippen molar-refractivity contribution >= 4 is 5.97 Å². The number of carbonyl (C=O) groups is 1. The molecule has 0 spiro atoms. The summed E-state index contributed by atoms with van der Waals surface area (Å²) in [4.78, 5) is 14.0. The summed E-state index contributed by atoms with van der Waals surface area (Å²) in [7, 11) is 0. The lowest BCUT2D eigenvalue weighted by atomic mass is 9.91. The largest absolute Gasteiger partial charge is 0.480 e. The molecular weight excluding hydrogens is 381 g/mol. The third-order valence-corrected chi connectivity index (χ3v) is 5.50. The van der Waals surface area contributed by atoms with Gasteiger partial charge in [-0.25, -0.2) is 4.39 Å². The molecule has 154 valence electrons. The van der Waals surface area contributed by atoms with Crippen molar-refractivity contribution in [1.82, 2.24) is 4.90 Å². The second-order valence-corrected chi connectivity index (χ2v) is 7.53. The molecule has 0 amide bonds. The van der Waals surface area contributed by atoms with Gasteiger partial charge in [0.05, 0.1) is 6.04 Å². The number of benzene rings is 3. The van der Waals surface area contributed by atoms with E-state index in [0.29, 0.717) is 18.7 Å². The number of halogens is 1. The fourth-order valence-electron chi connectivity index (χ4n) is 4.12. The Kier molecular flexibility index (Phi) is 6.10. The molecule has 5 heteroatoms. The molecule has 1 heterocycles. The molecule has 2 atom stereocenters. The van der Waals surface area contributed by atoms with Crippen LogP contribution in [-0.2, 0) is 4.79 Å². The molecule has 1 N–H and O–H groups in total. The van der Waals surface area contributed by atoms with Crippen LogP contribution in [0.5, 0.6) is 11.5 Å². The van der Waals surface area contributed by atoms with Gasteiger partial charge in [-0.3, -0.25) is 9.69 Å². The first-order chi connectivity index (χ1) is 14.6. The highest BCUT2D eigenvalue weighted by Crippen LogP contribution is 2.36. The molecule has 0 bridgehead atoms. The number of hydrogen-bond acceptors (Lipinski definition) is 3. The molecule has 2 unspecified atom stereocenters. The first-order valence-electron chi connectivity index (χ1n) is 10.2. The minimum absolute atomic E-state index is 0.300. The number of aliphatic carboxylic acids is 1. The van der Waals surface area contributed by atoms with Crippen LogP contribution in [0, 0.1) is 5.82 Å². The molecule has 0 saturated carbocycles. The average molecular weight is 405 g/mol. The topological polar surface area (TPSA) is 49.8 Å². The number of carboxylic acid groups (broad SMARTS) is 1. The summed E-state index contributed by atoms with van der Waals surface area (Å²) in [5.74, 6) is 0.273. The first kappa shape index (κ1) is 20.1. The van der Waals surface area contributed by atoms with E-state index < -0.39 is 12.0 Å². The second-order valence-electron chi connectivity index (χ2n) is 7.53. The monoisotopic (exact) mass is 405 g/mol. The van der Waals surface area contributed by atoms with Gasteiger partial charge in [0, 0.05) is 0 Å². The third-order valence-electron chi connectivity index (χ3n) is 5.50. The van der Waals surface area contributed by atoms with Gasteiger partial charge in [0.25, 0.3) is 0 Å². The maximum atomic E-state index is 13.6. The Hall–Kier alpha value is -3.18. The predicted molar refractivity (Wildman–Crippen MR) is 113 cm³/mol. The Morgan fingerprint density at radius 1 is 0.933 bits per heavy atom. The van der Waals surface area contributed by atoms with E-state index in [9.17, 15) is 14.3 Å². The molecule has 1 aliphatic rings. The van der Waals surface area contributed by atoms with Crippen molar-refractivity contribution in [3.05, 3.63) is 95.8 Å². The molecular formula is C25H24FNO3. The maximum Gasteiger partial charge on any atom is 0.320 e. The summed E-state index contributed by atoms with van der Waals surface area (Å²) < 4.78 is 19.6. The molecule has 3 aromatic carbocycles. The van der Waals surface area contributed by atoms with E-state index in [0.717, 1.165) is 29.7 Å². The molecule has 4 rings (SSSR count). The maximum absolute atomic E-state index is 13.6. The van der Waals surface area contributed by atoms with Crippen LogP contribution in [-0.4, -0.2) is 28.6 Å². The number of para-hydroxylation sites is 1. The normalized spacial score (nSPS) is 18.0. The highest BCUT2D eigenvalue weighted by atomic mass is 19.1. The highest BCUT2D eigenvalue weighted by molar-refractivity contribution is 5.73. The molecule has 0 aromatic heterocycles. The Morgan fingerprint density at radius 2 is 1.67 bits per heavy atom. The van der Waals surface area contributed by atoms with Crippen molar-refractivity contribution in [2.24, 2.45) is 0 Å². The summed E-state index contributed by atoms with van der Waals surface area (Å²) in [6.45, 7) is 0.669. The number of carboxylic acids is 1. The number of nitrogens with zero attached hydrogens (tertiary/aromatic N) is 1. The van der Waals surface area contributed by atoms with Gasteiger partial charge >= 0.3 is 5.97 Å². The number of hydrogen-bond donors (Lipinski definition) is 1. The van der Waals surface area contributed by atoms with Gasteiger partial charge < -0.3 is 9.84 Å². The van der Waals surface area contributed by atoms with Gasteiger partial charge in [0.1, 0.15) is 23.4 Å². The van der Waals surface area contributed by atoms with Gasteiger partial charge in [0.2, 0.25) is 0 Å². The highest BCUT2D eigenvalue weighted by Gasteiger charge is 2.35. The summed E-state index contributed by atoms with van der Waals surface area (Å²) in [5.41, 5.74) is 1.78. The minimum atomic E-state index is -0.821. The van der Waals surface area contributed by atoms with Gasteiger partial charge in [-0.2, -0.15) is 0 Å². The van der Waals surface area contributed by atoms with Crippen molar-refractivity contribution in [3.63, 3.8) is 0 Å². The van der Waals surface area contributed by atoms with Crippen LogP contribution in [0.1, 0.15) is 36.4 Å². The lowest BCUT2D eigenvalue weighted by Crippen LogP contribution is -2.46. The zero-order chi connectivity index (χ0) is 20.9. The molecule has 1 fully saturated rings. The second kappa shape index (κ2) is 9.09. The number of piperidine rings is 1. The van der Waals surface area contributed by atoms with Crippen LogP contribution >= 0.6 is 0 Å². The van der Waals surface area contributed by atoms with E-state index in [-0.39, 0.29) is 11.9 Å². The van der Waals surface area contributed by atoms with Crippen molar-refractivity contribution in [2.45, 2.75) is 31.3 Å². The Morgan fingerprint density at radius 3 is 2.40 bits per heavy atom. The molecule has 1 saturated heterocycles. The molecule has 1 aliphatic heterocycles. The van der Waals surface area contributed by atoms with Crippen LogP contribution in [0.15, 0.2) is 78.9 Å². The fourth-order valence-corrected chi connectivity index (χ4v) is 4.12. The van der Waals surface area contributed by atoms with E-state index in [4.69, 9.17) is 4.74 Å². The van der Waals surface area contributed by atoms with Gasteiger partial charge in [-0.05, 0) is 66.9 Å². The zero-order valence-corrected chi connectivity index (χ0v) is 16.6. The minimum Gasteiger partial charge on any atom is -0.480 e. The summed E-state index contributed by atoms with van der Waals surface area (Å²) in [6.07, 6.45) is 2.43. The van der Waals surface area contributed by atoms with Crippen molar-refractivity contribution < 1.29 is 19.0 Å². The van der Waals surface area contributed by atoms with E-state index in [1.54, 1.807) is 12.1 Å². The number of likely N-dealkylation sites (tertiary alicyclic amines) is 1. The van der Waals surface area contributed by atoms with Gasteiger partial charge in [0.15, 0.2) is 0 Å². The van der Waals surface area contributed by atoms with Crippen molar-refractivity contribution in [2.75, 3.05) is 6.54 Å². The predicted octanol–water partition coefficient (Wildman–Crippen LogP) is 5.65. The van der Waals surface area contributed by atoms with Crippen LogP contribution in [0.2, 0.25) is 0 Å². The summed E-state index contributed by atoms with van der Waals surface area (Å²) >= 11 is 0. The van der Waals surface area contributed by atoms with E-state index in [1.807, 2.05) is 59.5 Å². The smallest absolute Gasteiger partial charge is 0.320 e. The molecule has 4 nitrogen and oxygen atoms in total. The molecule has 3 aromatic rings.